The summed E-state index contributed by atoms with van der Waals surface area (Å²) < 4.78 is 32.8. The lowest BCUT2D eigenvalue weighted by atomic mass is 9.94. The van der Waals surface area contributed by atoms with Gasteiger partial charge in [-0.15, -0.1) is 0 Å². The predicted octanol–water partition coefficient (Wildman–Crippen LogP) is 8.67. The highest BCUT2D eigenvalue weighted by Crippen LogP contribution is 2.27. The van der Waals surface area contributed by atoms with Crippen LogP contribution in [0.4, 0.5) is 0 Å². The van der Waals surface area contributed by atoms with Crippen molar-refractivity contribution in [1.82, 2.24) is 0 Å². The summed E-state index contributed by atoms with van der Waals surface area (Å²) in [5, 5.41) is 2.05. The molecule has 0 aliphatic rings. The molecule has 0 atom stereocenters. The number of hydrogen-bond acceptors (Lipinski definition) is 2. The highest BCUT2D eigenvalue weighted by Gasteiger charge is 2.12. The van der Waals surface area contributed by atoms with Crippen LogP contribution in [0.3, 0.4) is 0 Å². The summed E-state index contributed by atoms with van der Waals surface area (Å²) in [4.78, 5) is -0.0139. The van der Waals surface area contributed by atoms with Crippen molar-refractivity contribution in [3.05, 3.63) is 41.5 Å². The zero-order valence-corrected chi connectivity index (χ0v) is 21.2. The first-order valence-electron chi connectivity index (χ1n) is 13.0. The Kier molecular flexibility index (Phi) is 12.3. The average Bonchev–Trinajstić information content (AvgIpc) is 2.76. The van der Waals surface area contributed by atoms with Crippen LogP contribution in [0.25, 0.3) is 10.8 Å². The van der Waals surface area contributed by atoms with Gasteiger partial charge in [-0.1, -0.05) is 109 Å². The van der Waals surface area contributed by atoms with Gasteiger partial charge in [0, 0.05) is 0 Å². The molecule has 0 aliphatic carbocycles. The van der Waals surface area contributed by atoms with Crippen LogP contribution in [0.1, 0.15) is 115 Å². The van der Waals surface area contributed by atoms with Crippen molar-refractivity contribution in [2.75, 3.05) is 0 Å². The Morgan fingerprint density at radius 1 is 0.656 bits per heavy atom. The van der Waals surface area contributed by atoms with E-state index in [9.17, 15) is 13.0 Å². The van der Waals surface area contributed by atoms with Crippen molar-refractivity contribution >= 4 is 20.9 Å². The lowest BCUT2D eigenvalue weighted by molar-refractivity contribution is 0.483. The standard InChI is InChI=1S/C28H44O3S/c1-3-5-7-9-11-13-15-17-24-21-25(18-16-14-12-10-8-6-4-2)28-20-19-27(32(29,30)31)23-26(28)22-24/h19-23H,3-18H2,1-2H3,(H,29,30,31). The Hall–Kier alpha value is -1.39. The molecule has 0 radical (unpaired) electrons. The lowest BCUT2D eigenvalue weighted by Crippen LogP contribution is -1.99. The van der Waals surface area contributed by atoms with Crippen molar-refractivity contribution in [1.29, 1.82) is 0 Å². The third kappa shape index (κ3) is 9.62. The summed E-state index contributed by atoms with van der Waals surface area (Å²) >= 11 is 0. The average molecular weight is 461 g/mol. The number of hydrogen-bond donors (Lipinski definition) is 1. The molecule has 180 valence electrons. The van der Waals surface area contributed by atoms with Gasteiger partial charge >= 0.3 is 0 Å². The molecule has 32 heavy (non-hydrogen) atoms. The van der Waals surface area contributed by atoms with Crippen LogP contribution < -0.4 is 0 Å². The molecule has 0 saturated heterocycles. The molecule has 4 heteroatoms. The minimum atomic E-state index is -4.18. The Balaban J connectivity index is 2.04. The first kappa shape index (κ1) is 26.9. The predicted molar refractivity (Wildman–Crippen MR) is 137 cm³/mol. The molecule has 2 aromatic carbocycles. The molecule has 0 amide bonds. The summed E-state index contributed by atoms with van der Waals surface area (Å²) in [5.74, 6) is 0. The number of benzene rings is 2. The molecule has 0 bridgehead atoms. The first-order chi connectivity index (χ1) is 15.5. The molecule has 2 aromatic rings. The summed E-state index contributed by atoms with van der Waals surface area (Å²) in [6, 6.07) is 9.49. The molecule has 3 nitrogen and oxygen atoms in total. The van der Waals surface area contributed by atoms with Crippen LogP contribution in [-0.4, -0.2) is 13.0 Å². The van der Waals surface area contributed by atoms with Crippen LogP contribution in [0.5, 0.6) is 0 Å². The summed E-state index contributed by atoms with van der Waals surface area (Å²) in [5.41, 5.74) is 2.60. The SMILES string of the molecule is CCCCCCCCCc1cc(CCCCCCCCC)c2ccc(S(=O)(=O)O)cc2c1. The van der Waals surface area contributed by atoms with Crippen molar-refractivity contribution < 1.29 is 13.0 Å². The zero-order chi connectivity index (χ0) is 23.2. The minimum absolute atomic E-state index is 0.0139. The number of aryl methyl sites for hydroxylation is 2. The maximum atomic E-state index is 11.6. The van der Waals surface area contributed by atoms with E-state index >= 15 is 0 Å². The molecule has 0 aliphatic heterocycles. The molecule has 0 heterocycles. The Morgan fingerprint density at radius 3 is 1.75 bits per heavy atom. The Morgan fingerprint density at radius 2 is 1.19 bits per heavy atom. The van der Waals surface area contributed by atoms with Gasteiger partial charge in [-0.25, -0.2) is 0 Å². The van der Waals surface area contributed by atoms with Crippen LogP contribution in [-0.2, 0) is 23.0 Å². The first-order valence-corrected chi connectivity index (χ1v) is 14.4. The molecule has 0 unspecified atom stereocenters. The number of rotatable bonds is 17. The summed E-state index contributed by atoms with van der Waals surface area (Å²) in [6.07, 6.45) is 20.1. The Labute approximate surface area is 196 Å². The fourth-order valence-corrected chi connectivity index (χ4v) is 5.08. The van der Waals surface area contributed by atoms with E-state index in [4.69, 9.17) is 0 Å². The van der Waals surface area contributed by atoms with Gasteiger partial charge in [0.25, 0.3) is 10.1 Å². The topological polar surface area (TPSA) is 54.4 Å². The quantitative estimate of drug-likeness (QED) is 0.190. The van der Waals surface area contributed by atoms with Gasteiger partial charge in [0.1, 0.15) is 0 Å². The van der Waals surface area contributed by atoms with E-state index in [-0.39, 0.29) is 4.90 Å². The van der Waals surface area contributed by atoms with E-state index in [0.29, 0.717) is 0 Å². The molecule has 2 rings (SSSR count). The smallest absolute Gasteiger partial charge is 0.282 e. The molecule has 0 saturated carbocycles. The van der Waals surface area contributed by atoms with E-state index in [1.54, 1.807) is 6.07 Å². The van der Waals surface area contributed by atoms with Gasteiger partial charge in [-0.2, -0.15) is 8.42 Å². The largest absolute Gasteiger partial charge is 0.294 e. The highest BCUT2D eigenvalue weighted by atomic mass is 32.2. The van der Waals surface area contributed by atoms with Gasteiger partial charge < -0.3 is 0 Å². The fraction of sp³-hybridized carbons (Fsp3) is 0.643. The van der Waals surface area contributed by atoms with Gasteiger partial charge in [0.2, 0.25) is 0 Å². The van der Waals surface area contributed by atoms with Crippen LogP contribution >= 0.6 is 0 Å². The fourth-order valence-electron chi connectivity index (χ4n) is 4.57. The normalized spacial score (nSPS) is 12.0. The van der Waals surface area contributed by atoms with Crippen molar-refractivity contribution in [2.45, 2.75) is 121 Å². The van der Waals surface area contributed by atoms with E-state index in [0.717, 1.165) is 23.6 Å². The maximum absolute atomic E-state index is 11.6. The molecule has 1 N–H and O–H groups in total. The summed E-state index contributed by atoms with van der Waals surface area (Å²) in [6.45, 7) is 4.50. The van der Waals surface area contributed by atoms with E-state index in [1.165, 1.54) is 107 Å². The maximum Gasteiger partial charge on any atom is 0.294 e. The third-order valence-corrected chi connectivity index (χ3v) is 7.34. The summed E-state index contributed by atoms with van der Waals surface area (Å²) in [7, 11) is -4.18. The molecule has 0 spiro atoms. The zero-order valence-electron chi connectivity index (χ0n) is 20.4. The van der Waals surface area contributed by atoms with Crippen LogP contribution in [0.2, 0.25) is 0 Å². The van der Waals surface area contributed by atoms with Crippen LogP contribution in [0, 0.1) is 0 Å². The van der Waals surface area contributed by atoms with Crippen LogP contribution in [0.15, 0.2) is 35.2 Å². The van der Waals surface area contributed by atoms with E-state index < -0.39 is 10.1 Å². The van der Waals surface area contributed by atoms with Gasteiger partial charge in [-0.05, 0) is 59.7 Å². The molecule has 0 aromatic heterocycles. The van der Waals surface area contributed by atoms with Gasteiger partial charge in [0.05, 0.1) is 4.90 Å². The second kappa shape index (κ2) is 14.7. The molecular weight excluding hydrogens is 416 g/mol. The van der Waals surface area contributed by atoms with E-state index in [1.807, 2.05) is 6.07 Å². The second-order valence-corrected chi connectivity index (χ2v) is 10.8. The lowest BCUT2D eigenvalue weighted by Gasteiger charge is -2.12. The second-order valence-electron chi connectivity index (χ2n) is 9.36. The van der Waals surface area contributed by atoms with Crippen molar-refractivity contribution in [2.24, 2.45) is 0 Å². The molecule has 0 fully saturated rings. The van der Waals surface area contributed by atoms with Crippen molar-refractivity contribution in [3.63, 3.8) is 0 Å². The van der Waals surface area contributed by atoms with E-state index in [2.05, 4.69) is 26.0 Å². The van der Waals surface area contributed by atoms with Crippen molar-refractivity contribution in [3.8, 4) is 0 Å². The Bertz CT molecular complexity index is 902. The highest BCUT2D eigenvalue weighted by molar-refractivity contribution is 7.85. The monoisotopic (exact) mass is 460 g/mol. The minimum Gasteiger partial charge on any atom is -0.282 e. The van der Waals surface area contributed by atoms with Gasteiger partial charge in [0.15, 0.2) is 0 Å². The molecular formula is C28H44O3S. The number of unbranched alkanes of at least 4 members (excludes halogenated alkanes) is 12. The number of fused-ring (bicyclic) bond motifs is 1. The van der Waals surface area contributed by atoms with Gasteiger partial charge in [-0.3, -0.25) is 4.55 Å². The third-order valence-electron chi connectivity index (χ3n) is 6.49.